The fraction of sp³-hybridized carbons (Fsp3) is 0.308. The minimum atomic E-state index is -3.96. The van der Waals surface area contributed by atoms with E-state index in [2.05, 4.69) is 5.32 Å². The first-order valence-corrected chi connectivity index (χ1v) is 12.6. The standard InChI is InChI=1S/C26H25NO5S/c1-16-8-14-19(15-9-16)33(30,31)32-18-12-10-17(11-13-18)24-25-20(4-2-6-22(25)28)27-21-5-3-7-23(29)26(21)24/h8-15,24,27H,2-7H2,1H3. The maximum absolute atomic E-state index is 12.9. The second-order valence-electron chi connectivity index (χ2n) is 8.82. The summed E-state index contributed by atoms with van der Waals surface area (Å²) in [6, 6.07) is 13.2. The molecule has 0 spiro atoms. The van der Waals surface area contributed by atoms with E-state index in [0.717, 1.165) is 48.2 Å². The van der Waals surface area contributed by atoms with Crippen molar-refractivity contribution in [3.05, 3.63) is 82.2 Å². The van der Waals surface area contributed by atoms with E-state index in [1.807, 2.05) is 6.92 Å². The van der Waals surface area contributed by atoms with Gasteiger partial charge in [-0.3, -0.25) is 9.59 Å². The number of hydrogen-bond donors (Lipinski definition) is 1. The highest BCUT2D eigenvalue weighted by Gasteiger charge is 2.40. The molecule has 170 valence electrons. The molecule has 0 unspecified atom stereocenters. The van der Waals surface area contributed by atoms with E-state index >= 15 is 0 Å². The van der Waals surface area contributed by atoms with Crippen molar-refractivity contribution in [2.75, 3.05) is 0 Å². The first kappa shape index (κ1) is 21.6. The van der Waals surface area contributed by atoms with Crippen LogP contribution in [0.1, 0.15) is 55.6 Å². The van der Waals surface area contributed by atoms with Crippen LogP contribution in [-0.4, -0.2) is 20.0 Å². The van der Waals surface area contributed by atoms with Crippen LogP contribution in [0, 0.1) is 6.92 Å². The molecule has 2 aromatic carbocycles. The predicted molar refractivity (Wildman–Crippen MR) is 123 cm³/mol. The molecular weight excluding hydrogens is 438 g/mol. The van der Waals surface area contributed by atoms with Gasteiger partial charge in [-0.1, -0.05) is 29.8 Å². The lowest BCUT2D eigenvalue weighted by Crippen LogP contribution is -2.36. The van der Waals surface area contributed by atoms with Crippen LogP contribution in [0.25, 0.3) is 0 Å². The largest absolute Gasteiger partial charge is 0.379 e. The van der Waals surface area contributed by atoms with Gasteiger partial charge < -0.3 is 9.50 Å². The molecule has 0 saturated heterocycles. The Morgan fingerprint density at radius 2 is 1.33 bits per heavy atom. The number of dihydropyridines is 1. The first-order chi connectivity index (χ1) is 15.8. The monoisotopic (exact) mass is 463 g/mol. The van der Waals surface area contributed by atoms with Crippen molar-refractivity contribution in [3.63, 3.8) is 0 Å². The van der Waals surface area contributed by atoms with Gasteiger partial charge in [0.2, 0.25) is 0 Å². The van der Waals surface area contributed by atoms with Gasteiger partial charge in [-0.2, -0.15) is 8.42 Å². The molecule has 3 aliphatic rings. The summed E-state index contributed by atoms with van der Waals surface area (Å²) in [5.41, 5.74) is 4.95. The third-order valence-corrected chi connectivity index (χ3v) is 7.78. The Morgan fingerprint density at radius 1 is 0.788 bits per heavy atom. The molecule has 0 amide bonds. The molecule has 1 heterocycles. The highest BCUT2D eigenvalue weighted by molar-refractivity contribution is 7.87. The number of rotatable bonds is 4. The predicted octanol–water partition coefficient (Wildman–Crippen LogP) is 4.46. The number of ketones is 2. The van der Waals surface area contributed by atoms with Crippen LogP contribution in [0.3, 0.4) is 0 Å². The molecule has 0 saturated carbocycles. The molecule has 0 bridgehead atoms. The molecule has 2 aliphatic carbocycles. The molecule has 5 rings (SSSR count). The van der Waals surface area contributed by atoms with Crippen LogP contribution >= 0.6 is 0 Å². The number of carbonyl (C=O) groups is 2. The Kier molecular flexibility index (Phi) is 5.44. The van der Waals surface area contributed by atoms with Crippen LogP contribution in [0.15, 0.2) is 76.0 Å². The summed E-state index contributed by atoms with van der Waals surface area (Å²) < 4.78 is 30.6. The van der Waals surface area contributed by atoms with Crippen molar-refractivity contribution in [1.29, 1.82) is 0 Å². The van der Waals surface area contributed by atoms with E-state index in [1.54, 1.807) is 36.4 Å². The van der Waals surface area contributed by atoms with Gasteiger partial charge in [-0.05, 0) is 62.4 Å². The molecule has 1 N–H and O–H groups in total. The van der Waals surface area contributed by atoms with E-state index < -0.39 is 16.0 Å². The van der Waals surface area contributed by atoms with Crippen LogP contribution in [-0.2, 0) is 19.7 Å². The van der Waals surface area contributed by atoms with Crippen LogP contribution < -0.4 is 9.50 Å². The molecule has 1 aliphatic heterocycles. The highest BCUT2D eigenvalue weighted by Crippen LogP contribution is 2.45. The molecule has 33 heavy (non-hydrogen) atoms. The van der Waals surface area contributed by atoms with Gasteiger partial charge >= 0.3 is 10.1 Å². The van der Waals surface area contributed by atoms with E-state index in [9.17, 15) is 18.0 Å². The van der Waals surface area contributed by atoms with E-state index in [-0.39, 0.29) is 22.2 Å². The van der Waals surface area contributed by atoms with Crippen LogP contribution in [0.4, 0.5) is 0 Å². The van der Waals surface area contributed by atoms with E-state index in [4.69, 9.17) is 4.18 Å². The molecular formula is C26H25NO5S. The molecule has 6 nitrogen and oxygen atoms in total. The third-order valence-electron chi connectivity index (χ3n) is 6.52. The molecule has 0 aromatic heterocycles. The second kappa shape index (κ2) is 8.30. The summed E-state index contributed by atoms with van der Waals surface area (Å²) in [4.78, 5) is 25.9. The average Bonchev–Trinajstić information content (AvgIpc) is 2.79. The molecule has 2 aromatic rings. The van der Waals surface area contributed by atoms with E-state index in [0.29, 0.717) is 24.0 Å². The fourth-order valence-electron chi connectivity index (χ4n) is 4.91. The summed E-state index contributed by atoms with van der Waals surface area (Å²) in [5, 5.41) is 3.40. The van der Waals surface area contributed by atoms with Crippen molar-refractivity contribution in [2.24, 2.45) is 0 Å². The van der Waals surface area contributed by atoms with Crippen molar-refractivity contribution in [2.45, 2.75) is 56.3 Å². The maximum Gasteiger partial charge on any atom is 0.339 e. The third kappa shape index (κ3) is 4.02. The molecule has 7 heteroatoms. The smallest absolute Gasteiger partial charge is 0.339 e. The van der Waals surface area contributed by atoms with Gasteiger partial charge in [0.25, 0.3) is 0 Å². The number of benzene rings is 2. The van der Waals surface area contributed by atoms with Gasteiger partial charge in [-0.15, -0.1) is 0 Å². The number of nitrogens with one attached hydrogen (secondary N) is 1. The van der Waals surface area contributed by atoms with Crippen molar-refractivity contribution in [1.82, 2.24) is 5.32 Å². The Hall–Kier alpha value is -3.19. The second-order valence-corrected chi connectivity index (χ2v) is 10.4. The number of allylic oxidation sites excluding steroid dienone is 4. The van der Waals surface area contributed by atoms with Gasteiger partial charge in [0.15, 0.2) is 11.6 Å². The summed E-state index contributed by atoms with van der Waals surface area (Å²) in [6.45, 7) is 1.88. The Labute approximate surface area is 193 Å². The summed E-state index contributed by atoms with van der Waals surface area (Å²) in [5.74, 6) is -0.0943. The van der Waals surface area contributed by atoms with Gasteiger partial charge in [0, 0.05) is 41.3 Å². The Balaban J connectivity index is 1.49. The molecule has 0 fully saturated rings. The quantitative estimate of drug-likeness (QED) is 0.673. The normalized spacial score (nSPS) is 19.2. The first-order valence-electron chi connectivity index (χ1n) is 11.2. The topological polar surface area (TPSA) is 89.5 Å². The lowest BCUT2D eigenvalue weighted by molar-refractivity contribution is -0.116. The van der Waals surface area contributed by atoms with Crippen LogP contribution in [0.2, 0.25) is 0 Å². The van der Waals surface area contributed by atoms with Crippen molar-refractivity contribution >= 4 is 21.7 Å². The zero-order valence-electron chi connectivity index (χ0n) is 18.4. The fourth-order valence-corrected chi connectivity index (χ4v) is 5.84. The van der Waals surface area contributed by atoms with E-state index in [1.165, 1.54) is 12.1 Å². The number of Topliss-reactive ketones (excluding diaryl/α,β-unsaturated/α-hetero) is 2. The van der Waals surface area contributed by atoms with Crippen molar-refractivity contribution < 1.29 is 22.2 Å². The number of hydrogen-bond acceptors (Lipinski definition) is 6. The minimum Gasteiger partial charge on any atom is -0.379 e. The van der Waals surface area contributed by atoms with Gasteiger partial charge in [0.1, 0.15) is 10.6 Å². The average molecular weight is 464 g/mol. The summed E-state index contributed by atoms with van der Waals surface area (Å²) >= 11 is 0. The SMILES string of the molecule is Cc1ccc(S(=O)(=O)Oc2ccc(C3C4=C(CCCC4=O)NC4=C3C(=O)CCC4)cc2)cc1. The molecule has 0 atom stereocenters. The van der Waals surface area contributed by atoms with Crippen LogP contribution in [0.5, 0.6) is 5.75 Å². The minimum absolute atomic E-state index is 0.0703. The lowest BCUT2D eigenvalue weighted by atomic mass is 9.71. The lowest BCUT2D eigenvalue weighted by Gasteiger charge is -2.37. The zero-order chi connectivity index (χ0) is 23.2. The van der Waals surface area contributed by atoms with Gasteiger partial charge in [-0.25, -0.2) is 0 Å². The number of carbonyl (C=O) groups excluding carboxylic acids is 2. The Bertz CT molecular complexity index is 1260. The zero-order valence-corrected chi connectivity index (χ0v) is 19.2. The number of aryl methyl sites for hydroxylation is 1. The maximum atomic E-state index is 12.9. The van der Waals surface area contributed by atoms with Crippen molar-refractivity contribution in [3.8, 4) is 5.75 Å². The van der Waals surface area contributed by atoms with Gasteiger partial charge in [0.05, 0.1) is 0 Å². The highest BCUT2D eigenvalue weighted by atomic mass is 32.2. The Morgan fingerprint density at radius 3 is 1.88 bits per heavy atom. The molecule has 0 radical (unpaired) electrons. The summed E-state index contributed by atoms with van der Waals surface area (Å²) in [6.07, 6.45) is 4.14. The summed E-state index contributed by atoms with van der Waals surface area (Å²) in [7, 11) is -3.96.